The van der Waals surface area contributed by atoms with Crippen molar-refractivity contribution in [1.29, 1.82) is 0 Å². The van der Waals surface area contributed by atoms with Crippen LogP contribution in [0.25, 0.3) is 11.3 Å². The van der Waals surface area contributed by atoms with E-state index in [2.05, 4.69) is 15.5 Å². The molecule has 0 unspecified atom stereocenters. The van der Waals surface area contributed by atoms with Crippen molar-refractivity contribution < 1.29 is 22.5 Å². The molecule has 3 aromatic rings. The molecular formula is C17H11F3N4O3. The molecule has 0 saturated heterocycles. The van der Waals surface area contributed by atoms with Crippen LogP contribution < -0.4 is 5.43 Å². The van der Waals surface area contributed by atoms with Gasteiger partial charge in [-0.1, -0.05) is 12.1 Å². The minimum Gasteiger partial charge on any atom is -0.455 e. The van der Waals surface area contributed by atoms with Crippen LogP contribution in [0.3, 0.4) is 0 Å². The molecule has 0 bridgehead atoms. The van der Waals surface area contributed by atoms with Gasteiger partial charge in [-0.25, -0.2) is 4.98 Å². The van der Waals surface area contributed by atoms with E-state index in [1.165, 1.54) is 12.3 Å². The van der Waals surface area contributed by atoms with E-state index in [0.29, 0.717) is 17.5 Å². The minimum atomic E-state index is -4.46. The van der Waals surface area contributed by atoms with Crippen LogP contribution in [0.4, 0.5) is 24.7 Å². The molecule has 1 aromatic carbocycles. The van der Waals surface area contributed by atoms with Crippen molar-refractivity contribution in [3.05, 3.63) is 76.2 Å². The van der Waals surface area contributed by atoms with E-state index in [4.69, 9.17) is 4.42 Å². The first-order chi connectivity index (χ1) is 12.8. The Balaban J connectivity index is 1.70. The summed E-state index contributed by atoms with van der Waals surface area (Å²) < 4.78 is 42.9. The van der Waals surface area contributed by atoms with Gasteiger partial charge in [0.05, 0.1) is 22.3 Å². The maximum absolute atomic E-state index is 12.5. The van der Waals surface area contributed by atoms with Gasteiger partial charge in [0.1, 0.15) is 17.3 Å². The summed E-state index contributed by atoms with van der Waals surface area (Å²) in [5.41, 5.74) is 1.83. The van der Waals surface area contributed by atoms with Gasteiger partial charge in [0.15, 0.2) is 0 Å². The van der Waals surface area contributed by atoms with Crippen molar-refractivity contribution in [3.8, 4) is 11.3 Å². The standard InChI is InChI=1S/C17H11F3N4O3/c18-17(19,20)11-5-8-16(21-9-11)23-22-10-12-6-7-15(27-12)13-3-1-2-4-14(13)24(25)26/h1-10H,(H,21,23)/b22-10+. The van der Waals surface area contributed by atoms with Gasteiger partial charge in [-0.3, -0.25) is 15.5 Å². The molecule has 138 valence electrons. The van der Waals surface area contributed by atoms with Gasteiger partial charge in [-0.15, -0.1) is 0 Å². The van der Waals surface area contributed by atoms with E-state index in [1.807, 2.05) is 0 Å². The highest BCUT2D eigenvalue weighted by atomic mass is 19.4. The molecule has 0 atom stereocenters. The highest BCUT2D eigenvalue weighted by molar-refractivity contribution is 5.79. The summed E-state index contributed by atoms with van der Waals surface area (Å²) in [6.45, 7) is 0. The number of benzene rings is 1. The number of pyridine rings is 1. The zero-order valence-electron chi connectivity index (χ0n) is 13.5. The second-order valence-electron chi connectivity index (χ2n) is 5.28. The first-order valence-electron chi connectivity index (χ1n) is 7.50. The van der Waals surface area contributed by atoms with E-state index in [9.17, 15) is 23.3 Å². The van der Waals surface area contributed by atoms with E-state index in [1.54, 1.807) is 30.3 Å². The Hall–Kier alpha value is -3.69. The summed E-state index contributed by atoms with van der Waals surface area (Å²) in [5.74, 6) is 0.698. The molecule has 1 N–H and O–H groups in total. The lowest BCUT2D eigenvalue weighted by atomic mass is 10.1. The molecule has 0 fully saturated rings. The van der Waals surface area contributed by atoms with Crippen LogP contribution in [0.5, 0.6) is 0 Å². The number of furan rings is 1. The summed E-state index contributed by atoms with van der Waals surface area (Å²) >= 11 is 0. The molecular weight excluding hydrogens is 365 g/mol. The SMILES string of the molecule is O=[N+]([O-])c1ccccc1-c1ccc(/C=N/Nc2ccc(C(F)(F)F)cn2)o1. The van der Waals surface area contributed by atoms with E-state index >= 15 is 0 Å². The molecule has 7 nitrogen and oxygen atoms in total. The fourth-order valence-electron chi connectivity index (χ4n) is 2.20. The molecule has 2 heterocycles. The normalized spacial score (nSPS) is 11.7. The van der Waals surface area contributed by atoms with Gasteiger partial charge in [0, 0.05) is 12.3 Å². The number of hydrogen-bond donors (Lipinski definition) is 1. The molecule has 3 rings (SSSR count). The number of rotatable bonds is 5. The monoisotopic (exact) mass is 376 g/mol. The minimum absolute atomic E-state index is 0.0950. The molecule has 27 heavy (non-hydrogen) atoms. The van der Waals surface area contributed by atoms with Crippen molar-refractivity contribution in [2.75, 3.05) is 5.43 Å². The number of nitrogens with one attached hydrogen (secondary N) is 1. The van der Waals surface area contributed by atoms with Crippen molar-refractivity contribution in [2.24, 2.45) is 5.10 Å². The number of nitrogens with zero attached hydrogens (tertiary/aromatic N) is 3. The quantitative estimate of drug-likeness (QED) is 0.395. The Morgan fingerprint density at radius 2 is 1.93 bits per heavy atom. The summed E-state index contributed by atoms with van der Waals surface area (Å²) in [6.07, 6.45) is -2.49. The third-order valence-corrected chi connectivity index (χ3v) is 3.45. The van der Waals surface area contributed by atoms with Crippen molar-refractivity contribution in [3.63, 3.8) is 0 Å². The smallest absolute Gasteiger partial charge is 0.417 e. The fourth-order valence-corrected chi connectivity index (χ4v) is 2.20. The van der Waals surface area contributed by atoms with Gasteiger partial charge < -0.3 is 4.42 Å². The van der Waals surface area contributed by atoms with E-state index in [0.717, 1.165) is 12.1 Å². The number of alkyl halides is 3. The summed E-state index contributed by atoms with van der Waals surface area (Å²) in [4.78, 5) is 14.2. The largest absolute Gasteiger partial charge is 0.455 e. The molecule has 0 aliphatic heterocycles. The Morgan fingerprint density at radius 1 is 1.15 bits per heavy atom. The summed E-state index contributed by atoms with van der Waals surface area (Å²) in [7, 11) is 0. The number of halogens is 3. The second-order valence-corrected chi connectivity index (χ2v) is 5.28. The lowest BCUT2D eigenvalue weighted by Crippen LogP contribution is -2.05. The Bertz CT molecular complexity index is 982. The molecule has 0 amide bonds. The molecule has 0 aliphatic carbocycles. The van der Waals surface area contributed by atoms with Crippen LogP contribution in [-0.4, -0.2) is 16.1 Å². The van der Waals surface area contributed by atoms with Crippen molar-refractivity contribution >= 4 is 17.7 Å². The number of para-hydroxylation sites is 1. The van der Waals surface area contributed by atoms with E-state index in [-0.39, 0.29) is 17.3 Å². The van der Waals surface area contributed by atoms with Gasteiger partial charge in [0.2, 0.25) is 0 Å². The maximum Gasteiger partial charge on any atom is 0.417 e. The summed E-state index contributed by atoms with van der Waals surface area (Å²) in [5, 5.41) is 14.9. The first-order valence-corrected chi connectivity index (χ1v) is 7.50. The van der Waals surface area contributed by atoms with Gasteiger partial charge in [0.25, 0.3) is 5.69 Å². The Morgan fingerprint density at radius 3 is 2.59 bits per heavy atom. The first kappa shape index (κ1) is 18.1. The predicted octanol–water partition coefficient (Wildman–Crippen LogP) is 4.71. The average molecular weight is 376 g/mol. The van der Waals surface area contributed by atoms with Gasteiger partial charge in [-0.05, 0) is 30.3 Å². The van der Waals surface area contributed by atoms with Crippen molar-refractivity contribution in [1.82, 2.24) is 4.98 Å². The average Bonchev–Trinajstić information content (AvgIpc) is 3.10. The number of nitro benzene ring substituents is 1. The van der Waals surface area contributed by atoms with Crippen LogP contribution in [0.1, 0.15) is 11.3 Å². The van der Waals surface area contributed by atoms with Gasteiger partial charge in [-0.2, -0.15) is 18.3 Å². The number of anilines is 1. The lowest BCUT2D eigenvalue weighted by molar-refractivity contribution is -0.384. The topological polar surface area (TPSA) is 93.6 Å². The Labute approximate surface area is 150 Å². The zero-order valence-corrected chi connectivity index (χ0v) is 13.5. The molecule has 2 aromatic heterocycles. The number of hydrogen-bond acceptors (Lipinski definition) is 6. The molecule has 0 spiro atoms. The highest BCUT2D eigenvalue weighted by Gasteiger charge is 2.30. The molecule has 0 aliphatic rings. The molecule has 0 saturated carbocycles. The van der Waals surface area contributed by atoms with Crippen LogP contribution >= 0.6 is 0 Å². The molecule has 10 heteroatoms. The van der Waals surface area contributed by atoms with E-state index < -0.39 is 16.7 Å². The zero-order chi connectivity index (χ0) is 19.4. The fraction of sp³-hybridized carbons (Fsp3) is 0.0588. The summed E-state index contributed by atoms with van der Waals surface area (Å²) in [6, 6.07) is 11.2. The second kappa shape index (κ2) is 7.28. The lowest BCUT2D eigenvalue weighted by Gasteiger charge is -2.06. The Kier molecular flexibility index (Phi) is 4.88. The van der Waals surface area contributed by atoms with Crippen molar-refractivity contribution in [2.45, 2.75) is 6.18 Å². The highest BCUT2D eigenvalue weighted by Crippen LogP contribution is 2.31. The van der Waals surface area contributed by atoms with Gasteiger partial charge >= 0.3 is 6.18 Å². The van der Waals surface area contributed by atoms with Crippen LogP contribution in [0.15, 0.2) is 64.2 Å². The number of nitro groups is 1. The third kappa shape index (κ3) is 4.29. The maximum atomic E-state index is 12.5. The number of aromatic nitrogens is 1. The van der Waals surface area contributed by atoms with Crippen LogP contribution in [0, 0.1) is 10.1 Å². The number of hydrazone groups is 1. The third-order valence-electron chi connectivity index (χ3n) is 3.45. The van der Waals surface area contributed by atoms with Crippen LogP contribution in [0.2, 0.25) is 0 Å². The van der Waals surface area contributed by atoms with Crippen LogP contribution in [-0.2, 0) is 6.18 Å². The predicted molar refractivity (Wildman–Crippen MR) is 91.3 cm³/mol. The molecule has 0 radical (unpaired) electrons.